The van der Waals surface area contributed by atoms with Gasteiger partial charge in [0, 0.05) is 17.1 Å². The Balaban J connectivity index is 1.73. The van der Waals surface area contributed by atoms with Crippen LogP contribution in [0.25, 0.3) is 0 Å². The predicted octanol–water partition coefficient (Wildman–Crippen LogP) is 3.56. The van der Waals surface area contributed by atoms with Crippen molar-refractivity contribution in [1.82, 2.24) is 4.98 Å². The molecule has 1 aromatic carbocycles. The number of amides is 1. The molecule has 7 nitrogen and oxygen atoms in total. The molecule has 0 fully saturated rings. The fraction of sp³-hybridized carbons (Fsp3) is 0.211. The molecule has 0 aliphatic heterocycles. The van der Waals surface area contributed by atoms with Crippen molar-refractivity contribution in [2.45, 2.75) is 13.5 Å². The maximum absolute atomic E-state index is 12.7. The molecule has 0 saturated carbocycles. The third kappa shape index (κ3) is 4.53. The number of thiazole rings is 1. The maximum atomic E-state index is 12.7. The standard InChI is InChI=1S/C19H18N2O5S/c1-13(22)14-5-6-16(17(10-14)24-2)26-12-18(23)21(19-20-7-9-27-19)11-15-4-3-8-25-15/h3-10H,11-12H2,1-2H3. The fourth-order valence-corrected chi connectivity index (χ4v) is 3.05. The van der Waals surface area contributed by atoms with Crippen LogP contribution in [-0.2, 0) is 11.3 Å². The molecule has 0 saturated heterocycles. The van der Waals surface area contributed by atoms with Crippen LogP contribution in [0.5, 0.6) is 11.5 Å². The molecule has 0 aliphatic rings. The number of furan rings is 1. The number of hydrogen-bond acceptors (Lipinski definition) is 7. The number of carbonyl (C=O) groups excluding carboxylic acids is 2. The minimum atomic E-state index is -0.279. The highest BCUT2D eigenvalue weighted by Crippen LogP contribution is 2.28. The van der Waals surface area contributed by atoms with E-state index >= 15 is 0 Å². The van der Waals surface area contributed by atoms with Gasteiger partial charge in [-0.25, -0.2) is 4.98 Å². The van der Waals surface area contributed by atoms with Crippen LogP contribution < -0.4 is 14.4 Å². The van der Waals surface area contributed by atoms with E-state index in [9.17, 15) is 9.59 Å². The zero-order chi connectivity index (χ0) is 19.2. The first-order chi connectivity index (χ1) is 13.1. The number of hydrogen-bond donors (Lipinski definition) is 0. The third-order valence-corrected chi connectivity index (χ3v) is 4.56. The number of Topliss-reactive ketones (excluding diaryl/α,β-unsaturated/α-hetero) is 1. The topological polar surface area (TPSA) is 81.9 Å². The summed E-state index contributed by atoms with van der Waals surface area (Å²) in [6.07, 6.45) is 3.19. The van der Waals surface area contributed by atoms with Crippen molar-refractivity contribution in [3.8, 4) is 11.5 Å². The number of ether oxygens (including phenoxy) is 2. The molecule has 0 radical (unpaired) electrons. The first-order valence-corrected chi connectivity index (χ1v) is 9.00. The van der Waals surface area contributed by atoms with Gasteiger partial charge in [-0.05, 0) is 37.3 Å². The monoisotopic (exact) mass is 386 g/mol. The molecule has 3 rings (SSSR count). The van der Waals surface area contributed by atoms with E-state index < -0.39 is 0 Å². The number of rotatable bonds is 8. The molecule has 0 spiro atoms. The molecule has 2 aromatic heterocycles. The molecular formula is C19H18N2O5S. The number of aromatic nitrogens is 1. The number of methoxy groups -OCH3 is 1. The average Bonchev–Trinajstić information content (AvgIpc) is 3.37. The van der Waals surface area contributed by atoms with E-state index in [1.165, 1.54) is 30.3 Å². The minimum absolute atomic E-state index is 0.0793. The summed E-state index contributed by atoms with van der Waals surface area (Å²) in [5.74, 6) is 1.06. The molecule has 8 heteroatoms. The summed E-state index contributed by atoms with van der Waals surface area (Å²) in [5, 5.41) is 2.35. The number of benzene rings is 1. The molecule has 0 bridgehead atoms. The molecule has 0 N–H and O–H groups in total. The van der Waals surface area contributed by atoms with Crippen LogP contribution in [0, 0.1) is 0 Å². The van der Waals surface area contributed by atoms with Crippen molar-refractivity contribution >= 4 is 28.2 Å². The van der Waals surface area contributed by atoms with Crippen LogP contribution in [0.3, 0.4) is 0 Å². The van der Waals surface area contributed by atoms with Gasteiger partial charge < -0.3 is 13.9 Å². The SMILES string of the molecule is COc1cc(C(C)=O)ccc1OCC(=O)N(Cc1ccco1)c1nccs1. The van der Waals surface area contributed by atoms with Crippen LogP contribution in [-0.4, -0.2) is 30.4 Å². The zero-order valence-corrected chi connectivity index (χ0v) is 15.7. The molecule has 140 valence electrons. The van der Waals surface area contributed by atoms with Crippen LogP contribution in [0.15, 0.2) is 52.6 Å². The summed E-state index contributed by atoms with van der Waals surface area (Å²) in [7, 11) is 1.48. The van der Waals surface area contributed by atoms with Crippen molar-refractivity contribution in [2.24, 2.45) is 0 Å². The Morgan fingerprint density at radius 3 is 2.74 bits per heavy atom. The quantitative estimate of drug-likeness (QED) is 0.551. The Kier molecular flexibility index (Phi) is 5.87. The number of carbonyl (C=O) groups is 2. The smallest absolute Gasteiger partial charge is 0.267 e. The van der Waals surface area contributed by atoms with Crippen molar-refractivity contribution in [2.75, 3.05) is 18.6 Å². The van der Waals surface area contributed by atoms with Crippen molar-refractivity contribution < 1.29 is 23.5 Å². The Labute approximate surface area is 160 Å². The Bertz CT molecular complexity index is 906. The van der Waals surface area contributed by atoms with E-state index in [0.717, 1.165) is 0 Å². The highest BCUT2D eigenvalue weighted by Gasteiger charge is 2.21. The molecule has 0 aliphatic carbocycles. The fourth-order valence-electron chi connectivity index (χ4n) is 2.39. The molecule has 2 heterocycles. The van der Waals surface area contributed by atoms with Gasteiger partial charge in [0.25, 0.3) is 5.91 Å². The van der Waals surface area contributed by atoms with Gasteiger partial charge >= 0.3 is 0 Å². The lowest BCUT2D eigenvalue weighted by atomic mass is 10.1. The van der Waals surface area contributed by atoms with Gasteiger partial charge in [0.2, 0.25) is 0 Å². The highest BCUT2D eigenvalue weighted by molar-refractivity contribution is 7.13. The molecular weight excluding hydrogens is 368 g/mol. The zero-order valence-electron chi connectivity index (χ0n) is 14.9. The number of ketones is 1. The number of nitrogens with zero attached hydrogens (tertiary/aromatic N) is 2. The predicted molar refractivity (Wildman–Crippen MR) is 101 cm³/mol. The largest absolute Gasteiger partial charge is 0.493 e. The van der Waals surface area contributed by atoms with Crippen LogP contribution in [0.4, 0.5) is 5.13 Å². The molecule has 0 atom stereocenters. The van der Waals surface area contributed by atoms with Gasteiger partial charge in [-0.2, -0.15) is 0 Å². The molecule has 0 unspecified atom stereocenters. The second-order valence-electron chi connectivity index (χ2n) is 5.58. The maximum Gasteiger partial charge on any atom is 0.267 e. The number of anilines is 1. The van der Waals surface area contributed by atoms with E-state index in [0.29, 0.717) is 28.0 Å². The first-order valence-electron chi connectivity index (χ1n) is 8.12. The molecule has 1 amide bonds. The second-order valence-corrected chi connectivity index (χ2v) is 6.46. The van der Waals surface area contributed by atoms with Crippen molar-refractivity contribution in [3.63, 3.8) is 0 Å². The summed E-state index contributed by atoms with van der Waals surface area (Å²) in [4.78, 5) is 29.9. The summed E-state index contributed by atoms with van der Waals surface area (Å²) in [6.45, 7) is 1.51. The molecule has 27 heavy (non-hydrogen) atoms. The van der Waals surface area contributed by atoms with E-state index in [-0.39, 0.29) is 24.8 Å². The van der Waals surface area contributed by atoms with E-state index in [2.05, 4.69) is 4.98 Å². The lowest BCUT2D eigenvalue weighted by Crippen LogP contribution is -2.34. The Morgan fingerprint density at radius 2 is 2.11 bits per heavy atom. The Morgan fingerprint density at radius 1 is 1.26 bits per heavy atom. The highest BCUT2D eigenvalue weighted by atomic mass is 32.1. The third-order valence-electron chi connectivity index (χ3n) is 3.77. The van der Waals surface area contributed by atoms with Crippen LogP contribution >= 0.6 is 11.3 Å². The van der Waals surface area contributed by atoms with Gasteiger partial charge in [0.1, 0.15) is 5.76 Å². The van der Waals surface area contributed by atoms with Gasteiger partial charge in [-0.1, -0.05) is 0 Å². The van der Waals surface area contributed by atoms with Crippen LogP contribution in [0.1, 0.15) is 23.0 Å². The van der Waals surface area contributed by atoms with Crippen LogP contribution in [0.2, 0.25) is 0 Å². The van der Waals surface area contributed by atoms with Crippen molar-refractivity contribution in [3.05, 3.63) is 59.5 Å². The Hall–Kier alpha value is -3.13. The van der Waals surface area contributed by atoms with Crippen molar-refractivity contribution in [1.29, 1.82) is 0 Å². The normalized spacial score (nSPS) is 10.4. The van der Waals surface area contributed by atoms with E-state index in [1.54, 1.807) is 48.2 Å². The van der Waals surface area contributed by atoms with Gasteiger partial charge in [-0.3, -0.25) is 14.5 Å². The molecule has 3 aromatic rings. The minimum Gasteiger partial charge on any atom is -0.493 e. The van der Waals surface area contributed by atoms with Gasteiger partial charge in [-0.15, -0.1) is 11.3 Å². The summed E-state index contributed by atoms with van der Waals surface area (Å²) < 4.78 is 16.2. The van der Waals surface area contributed by atoms with E-state index in [1.807, 2.05) is 0 Å². The second kappa shape index (κ2) is 8.50. The van der Waals surface area contributed by atoms with Gasteiger partial charge in [0.15, 0.2) is 29.0 Å². The van der Waals surface area contributed by atoms with E-state index in [4.69, 9.17) is 13.9 Å². The first kappa shape index (κ1) is 18.7. The summed E-state index contributed by atoms with van der Waals surface area (Å²) in [5.41, 5.74) is 0.507. The lowest BCUT2D eigenvalue weighted by Gasteiger charge is -2.19. The van der Waals surface area contributed by atoms with Gasteiger partial charge in [0.05, 0.1) is 19.9 Å². The summed E-state index contributed by atoms with van der Waals surface area (Å²) >= 11 is 1.35. The summed E-state index contributed by atoms with van der Waals surface area (Å²) in [6, 6.07) is 8.38. The average molecular weight is 386 g/mol. The lowest BCUT2D eigenvalue weighted by molar-refractivity contribution is -0.120.